The number of nitrogens with one attached hydrogen (secondary N) is 2. The van der Waals surface area contributed by atoms with E-state index >= 15 is 0 Å². The molecular weight excluding hydrogens is 426 g/mol. The van der Waals surface area contributed by atoms with Gasteiger partial charge in [-0.15, -0.1) is 5.10 Å². The number of methoxy groups -OCH3 is 1. The van der Waals surface area contributed by atoms with Gasteiger partial charge in [0.1, 0.15) is 5.75 Å². The largest absolute Gasteiger partial charge is 0.495 e. The third-order valence-corrected chi connectivity index (χ3v) is 5.39. The SMILES string of the molecule is COc1ccccc1Nc1nc2ccc(-c3ccc(NC(=O)Cc4ccccc4)cc3)cn2n1. The van der Waals surface area contributed by atoms with Gasteiger partial charge < -0.3 is 15.4 Å². The van der Waals surface area contributed by atoms with Crippen molar-refractivity contribution >= 4 is 28.9 Å². The molecule has 7 heteroatoms. The highest BCUT2D eigenvalue weighted by molar-refractivity contribution is 5.92. The van der Waals surface area contributed by atoms with E-state index in [9.17, 15) is 4.79 Å². The number of benzene rings is 3. The number of carbonyl (C=O) groups is 1. The van der Waals surface area contributed by atoms with Crippen LogP contribution in [0.25, 0.3) is 16.8 Å². The van der Waals surface area contributed by atoms with Gasteiger partial charge in [-0.3, -0.25) is 4.79 Å². The van der Waals surface area contributed by atoms with E-state index < -0.39 is 0 Å². The molecule has 2 heterocycles. The van der Waals surface area contributed by atoms with Gasteiger partial charge in [-0.25, -0.2) is 4.52 Å². The van der Waals surface area contributed by atoms with Crippen molar-refractivity contribution in [1.29, 1.82) is 0 Å². The van der Waals surface area contributed by atoms with E-state index in [0.717, 1.165) is 39.5 Å². The Morgan fingerprint density at radius 2 is 1.62 bits per heavy atom. The molecule has 1 amide bonds. The molecule has 0 aliphatic rings. The molecule has 0 aliphatic heterocycles. The lowest BCUT2D eigenvalue weighted by molar-refractivity contribution is -0.115. The number of amides is 1. The maximum absolute atomic E-state index is 12.3. The summed E-state index contributed by atoms with van der Waals surface area (Å²) >= 11 is 0. The molecule has 0 aliphatic carbocycles. The molecule has 3 aromatic carbocycles. The third kappa shape index (κ3) is 4.73. The molecule has 168 valence electrons. The van der Waals surface area contributed by atoms with E-state index in [2.05, 4.69) is 20.7 Å². The number of para-hydroxylation sites is 2. The van der Waals surface area contributed by atoms with Crippen molar-refractivity contribution in [3.05, 3.63) is 103 Å². The minimum Gasteiger partial charge on any atom is -0.495 e. The van der Waals surface area contributed by atoms with Crippen LogP contribution in [0.15, 0.2) is 97.2 Å². The molecule has 5 aromatic rings. The van der Waals surface area contributed by atoms with Crippen LogP contribution >= 0.6 is 0 Å². The van der Waals surface area contributed by atoms with Crippen molar-refractivity contribution in [2.24, 2.45) is 0 Å². The van der Waals surface area contributed by atoms with Crippen LogP contribution in [0.5, 0.6) is 5.75 Å². The van der Waals surface area contributed by atoms with Crippen molar-refractivity contribution < 1.29 is 9.53 Å². The zero-order valence-corrected chi connectivity index (χ0v) is 18.6. The second kappa shape index (κ2) is 9.46. The van der Waals surface area contributed by atoms with Gasteiger partial charge in [0.2, 0.25) is 11.9 Å². The Morgan fingerprint density at radius 3 is 2.41 bits per heavy atom. The third-order valence-electron chi connectivity index (χ3n) is 5.39. The van der Waals surface area contributed by atoms with Crippen LogP contribution in [0.3, 0.4) is 0 Å². The second-order valence-electron chi connectivity index (χ2n) is 7.77. The Kier molecular flexibility index (Phi) is 5.90. The highest BCUT2D eigenvalue weighted by Gasteiger charge is 2.09. The van der Waals surface area contributed by atoms with E-state index in [-0.39, 0.29) is 5.91 Å². The van der Waals surface area contributed by atoms with Crippen molar-refractivity contribution in [3.8, 4) is 16.9 Å². The lowest BCUT2D eigenvalue weighted by Gasteiger charge is -2.07. The summed E-state index contributed by atoms with van der Waals surface area (Å²) in [6.45, 7) is 0. The number of ether oxygens (including phenoxy) is 1. The van der Waals surface area contributed by atoms with Crippen molar-refractivity contribution in [1.82, 2.24) is 14.6 Å². The predicted octanol–water partition coefficient (Wildman–Crippen LogP) is 5.33. The molecular formula is C27H23N5O2. The summed E-state index contributed by atoms with van der Waals surface area (Å²) in [4.78, 5) is 16.9. The minimum atomic E-state index is -0.0435. The Morgan fingerprint density at radius 1 is 0.882 bits per heavy atom. The van der Waals surface area contributed by atoms with Crippen LogP contribution in [0, 0.1) is 0 Å². The maximum Gasteiger partial charge on any atom is 0.247 e. The normalized spacial score (nSPS) is 10.7. The fraction of sp³-hybridized carbons (Fsp3) is 0.0741. The Balaban J connectivity index is 1.29. The van der Waals surface area contributed by atoms with Crippen LogP contribution in [0.1, 0.15) is 5.56 Å². The minimum absolute atomic E-state index is 0.0435. The van der Waals surface area contributed by atoms with E-state index in [0.29, 0.717) is 12.4 Å². The van der Waals surface area contributed by atoms with Crippen molar-refractivity contribution in [3.63, 3.8) is 0 Å². The Labute approximate surface area is 197 Å². The van der Waals surface area contributed by atoms with E-state index in [1.807, 2.05) is 97.2 Å². The summed E-state index contributed by atoms with van der Waals surface area (Å²) in [5.74, 6) is 1.16. The number of hydrogen-bond acceptors (Lipinski definition) is 5. The molecule has 0 spiro atoms. The molecule has 0 fully saturated rings. The molecule has 2 N–H and O–H groups in total. The number of nitrogens with zero attached hydrogens (tertiary/aromatic N) is 3. The summed E-state index contributed by atoms with van der Waals surface area (Å²) < 4.78 is 7.12. The van der Waals surface area contributed by atoms with Crippen LogP contribution in [-0.2, 0) is 11.2 Å². The number of aromatic nitrogens is 3. The lowest BCUT2D eigenvalue weighted by Crippen LogP contribution is -2.14. The van der Waals surface area contributed by atoms with Crippen molar-refractivity contribution in [2.75, 3.05) is 17.7 Å². The fourth-order valence-electron chi connectivity index (χ4n) is 3.71. The number of anilines is 3. The number of fused-ring (bicyclic) bond motifs is 1. The number of pyridine rings is 1. The van der Waals surface area contributed by atoms with Crippen LogP contribution in [0.2, 0.25) is 0 Å². The molecule has 0 saturated carbocycles. The zero-order chi connectivity index (χ0) is 23.3. The van der Waals surface area contributed by atoms with Crippen LogP contribution in [0.4, 0.5) is 17.3 Å². The molecule has 2 aromatic heterocycles. The van der Waals surface area contributed by atoms with Gasteiger partial charge in [0.25, 0.3) is 0 Å². The summed E-state index contributed by atoms with van der Waals surface area (Å²) in [7, 11) is 1.63. The van der Waals surface area contributed by atoms with Crippen molar-refractivity contribution in [2.45, 2.75) is 6.42 Å². The number of hydrogen-bond donors (Lipinski definition) is 2. The standard InChI is InChI=1S/C27H23N5O2/c1-34-24-10-6-5-9-23(24)29-27-30-25-16-13-21(18-32(25)31-27)20-11-14-22(15-12-20)28-26(33)17-19-7-3-2-4-8-19/h2-16,18H,17H2,1H3,(H,28,33)(H,29,31). The molecule has 5 rings (SSSR count). The predicted molar refractivity (Wildman–Crippen MR) is 133 cm³/mol. The monoisotopic (exact) mass is 449 g/mol. The van der Waals surface area contributed by atoms with Gasteiger partial charge in [0.15, 0.2) is 5.65 Å². The molecule has 0 saturated heterocycles. The van der Waals surface area contributed by atoms with Crippen LogP contribution < -0.4 is 15.4 Å². The number of carbonyl (C=O) groups excluding carboxylic acids is 1. The maximum atomic E-state index is 12.3. The van der Waals surface area contributed by atoms with E-state index in [1.54, 1.807) is 11.6 Å². The molecule has 0 unspecified atom stereocenters. The Bertz CT molecular complexity index is 1430. The van der Waals surface area contributed by atoms with Gasteiger partial charge in [-0.2, -0.15) is 4.98 Å². The lowest BCUT2D eigenvalue weighted by atomic mass is 10.1. The first-order chi connectivity index (χ1) is 16.7. The molecule has 0 atom stereocenters. The van der Waals surface area contributed by atoms with Gasteiger partial charge in [-0.1, -0.05) is 54.6 Å². The first kappa shape index (κ1) is 21.2. The van der Waals surface area contributed by atoms with Gasteiger partial charge in [0, 0.05) is 17.4 Å². The average molecular weight is 450 g/mol. The quantitative estimate of drug-likeness (QED) is 0.351. The average Bonchev–Trinajstić information content (AvgIpc) is 3.27. The highest BCUT2D eigenvalue weighted by atomic mass is 16.5. The van der Waals surface area contributed by atoms with E-state index in [1.165, 1.54) is 0 Å². The molecule has 0 radical (unpaired) electrons. The zero-order valence-electron chi connectivity index (χ0n) is 18.6. The summed E-state index contributed by atoms with van der Waals surface area (Å²) in [5, 5.41) is 10.7. The molecule has 7 nitrogen and oxygen atoms in total. The van der Waals surface area contributed by atoms with Gasteiger partial charge in [-0.05, 0) is 47.5 Å². The van der Waals surface area contributed by atoms with Gasteiger partial charge in [0.05, 0.1) is 19.2 Å². The van der Waals surface area contributed by atoms with Crippen LogP contribution in [-0.4, -0.2) is 27.6 Å². The van der Waals surface area contributed by atoms with Gasteiger partial charge >= 0.3 is 0 Å². The van der Waals surface area contributed by atoms with E-state index in [4.69, 9.17) is 4.74 Å². The summed E-state index contributed by atoms with van der Waals surface area (Å²) in [5.41, 5.74) is 5.27. The summed E-state index contributed by atoms with van der Waals surface area (Å²) in [6.07, 6.45) is 2.27. The topological polar surface area (TPSA) is 80.5 Å². The number of rotatable bonds is 7. The molecule has 0 bridgehead atoms. The Hall–Kier alpha value is -4.65. The second-order valence-corrected chi connectivity index (χ2v) is 7.77. The first-order valence-corrected chi connectivity index (χ1v) is 10.9. The first-order valence-electron chi connectivity index (χ1n) is 10.9. The smallest absolute Gasteiger partial charge is 0.247 e. The fourth-order valence-corrected chi connectivity index (χ4v) is 3.71. The summed E-state index contributed by atoms with van der Waals surface area (Å²) in [6, 6.07) is 29.0. The molecule has 34 heavy (non-hydrogen) atoms. The highest BCUT2D eigenvalue weighted by Crippen LogP contribution is 2.27.